The number of sulfonamides is 2. The maximum absolute atomic E-state index is 13.2. The number of rotatable bonds is 7. The average Bonchev–Trinajstić information content (AvgIpc) is 2.37. The van der Waals surface area contributed by atoms with Gasteiger partial charge in [0.1, 0.15) is 0 Å². The number of hydrogen-bond donors (Lipinski definition) is 1. The Labute approximate surface area is 122 Å². The molecule has 21 heavy (non-hydrogen) atoms. The quantitative estimate of drug-likeness (QED) is 0.789. The number of nitrogens with zero attached hydrogens (tertiary/aromatic N) is 1. The summed E-state index contributed by atoms with van der Waals surface area (Å²) < 4.78 is 75.0. The van der Waals surface area contributed by atoms with Crippen molar-refractivity contribution in [2.24, 2.45) is 0 Å². The van der Waals surface area contributed by atoms with E-state index in [0.29, 0.717) is 0 Å². The van der Waals surface area contributed by atoms with Crippen molar-refractivity contribution < 1.29 is 25.6 Å². The molecule has 0 aliphatic rings. The topological polar surface area (TPSA) is 83.6 Å². The molecule has 0 aromatic heterocycles. The summed E-state index contributed by atoms with van der Waals surface area (Å²) in [4.78, 5) is 0. The second kappa shape index (κ2) is 6.67. The average molecular weight is 342 g/mol. The minimum atomic E-state index is -3.76. The first-order chi connectivity index (χ1) is 9.57. The third-order valence-corrected chi connectivity index (χ3v) is 5.21. The van der Waals surface area contributed by atoms with Crippen molar-refractivity contribution in [3.05, 3.63) is 29.8 Å². The van der Waals surface area contributed by atoms with Crippen LogP contribution in [0.4, 0.5) is 14.5 Å². The lowest BCUT2D eigenvalue weighted by molar-refractivity contribution is 0.508. The van der Waals surface area contributed by atoms with Gasteiger partial charge in [-0.3, -0.25) is 4.31 Å². The zero-order valence-corrected chi connectivity index (χ0v) is 13.1. The van der Waals surface area contributed by atoms with Gasteiger partial charge in [0.25, 0.3) is 0 Å². The number of hydrogen-bond acceptors (Lipinski definition) is 4. The van der Waals surface area contributed by atoms with Crippen molar-refractivity contribution in [2.75, 3.05) is 29.4 Å². The molecule has 0 bridgehead atoms. The van der Waals surface area contributed by atoms with Crippen molar-refractivity contribution in [3.63, 3.8) is 0 Å². The van der Waals surface area contributed by atoms with Gasteiger partial charge in [-0.25, -0.2) is 30.3 Å². The standard InChI is InChI=1S/C11H16F2N2O4S2/c1-3-21(18,19)14-6-7-15(20(2,16)17)9-4-5-10(12)11(13)8-9/h4-5,8,14H,3,6-7H2,1-2H3. The maximum atomic E-state index is 13.2. The van der Waals surface area contributed by atoms with Crippen LogP contribution in [-0.4, -0.2) is 41.9 Å². The van der Waals surface area contributed by atoms with Gasteiger partial charge in [0.15, 0.2) is 11.6 Å². The molecule has 0 saturated heterocycles. The van der Waals surface area contributed by atoms with Crippen molar-refractivity contribution in [2.45, 2.75) is 6.92 Å². The van der Waals surface area contributed by atoms with Crippen LogP contribution in [0.2, 0.25) is 0 Å². The molecule has 1 N–H and O–H groups in total. The first-order valence-electron chi connectivity index (χ1n) is 5.97. The predicted octanol–water partition coefficient (Wildman–Crippen LogP) is 0.670. The molecule has 0 atom stereocenters. The second-order valence-electron chi connectivity index (χ2n) is 4.23. The van der Waals surface area contributed by atoms with Gasteiger partial charge < -0.3 is 0 Å². The molecule has 120 valence electrons. The summed E-state index contributed by atoms with van der Waals surface area (Å²) in [6.45, 7) is 1.03. The van der Waals surface area contributed by atoms with Gasteiger partial charge in [-0.15, -0.1) is 0 Å². The zero-order valence-electron chi connectivity index (χ0n) is 11.5. The van der Waals surface area contributed by atoms with E-state index in [4.69, 9.17) is 0 Å². The smallest absolute Gasteiger partial charge is 0.232 e. The van der Waals surface area contributed by atoms with Crippen LogP contribution in [0.5, 0.6) is 0 Å². The third kappa shape index (κ3) is 5.21. The van der Waals surface area contributed by atoms with Gasteiger partial charge in [0.05, 0.1) is 17.7 Å². The van der Waals surface area contributed by atoms with E-state index in [-0.39, 0.29) is 24.5 Å². The van der Waals surface area contributed by atoms with Gasteiger partial charge in [-0.05, 0) is 19.1 Å². The molecule has 0 fully saturated rings. The van der Waals surface area contributed by atoms with Crippen LogP contribution in [0.25, 0.3) is 0 Å². The van der Waals surface area contributed by atoms with Crippen molar-refractivity contribution in [3.8, 4) is 0 Å². The van der Waals surface area contributed by atoms with Crippen molar-refractivity contribution in [1.82, 2.24) is 4.72 Å². The molecule has 10 heteroatoms. The fourth-order valence-corrected chi connectivity index (χ4v) is 3.06. The van der Waals surface area contributed by atoms with Crippen LogP contribution in [0.1, 0.15) is 6.92 Å². The molecule has 0 heterocycles. The first-order valence-corrected chi connectivity index (χ1v) is 9.47. The van der Waals surface area contributed by atoms with Gasteiger partial charge in [-0.1, -0.05) is 0 Å². The van der Waals surface area contributed by atoms with Crippen molar-refractivity contribution >= 4 is 25.7 Å². The molecular weight excluding hydrogens is 326 g/mol. The summed E-state index contributed by atoms with van der Waals surface area (Å²) in [6.07, 6.45) is 0.891. The Morgan fingerprint density at radius 2 is 1.76 bits per heavy atom. The van der Waals surface area contributed by atoms with E-state index in [1.165, 1.54) is 6.92 Å². The Morgan fingerprint density at radius 1 is 1.14 bits per heavy atom. The molecule has 0 spiro atoms. The van der Waals surface area contributed by atoms with E-state index >= 15 is 0 Å². The molecule has 1 rings (SSSR count). The van der Waals surface area contributed by atoms with Crippen LogP contribution in [-0.2, 0) is 20.0 Å². The zero-order chi connectivity index (χ0) is 16.3. The minimum absolute atomic E-state index is 0.0768. The molecule has 6 nitrogen and oxygen atoms in total. The largest absolute Gasteiger partial charge is 0.269 e. The molecule has 1 aromatic rings. The molecule has 0 unspecified atom stereocenters. The molecule has 0 aliphatic carbocycles. The summed E-state index contributed by atoms with van der Waals surface area (Å²) in [5, 5.41) is 0. The van der Waals surface area contributed by atoms with Crippen LogP contribution >= 0.6 is 0 Å². The monoisotopic (exact) mass is 342 g/mol. The molecule has 0 saturated carbocycles. The lowest BCUT2D eigenvalue weighted by Gasteiger charge is -2.22. The lowest BCUT2D eigenvalue weighted by atomic mass is 10.3. The van der Waals surface area contributed by atoms with Gasteiger partial charge in [0.2, 0.25) is 20.0 Å². The summed E-state index contributed by atoms with van der Waals surface area (Å²) in [6, 6.07) is 2.65. The molecular formula is C11H16F2N2O4S2. The van der Waals surface area contributed by atoms with Crippen LogP contribution in [0, 0.1) is 11.6 Å². The van der Waals surface area contributed by atoms with Crippen LogP contribution < -0.4 is 9.03 Å². The Balaban J connectivity index is 2.95. The van der Waals surface area contributed by atoms with Crippen LogP contribution in [0.15, 0.2) is 18.2 Å². The summed E-state index contributed by atoms with van der Waals surface area (Å²) in [5.41, 5.74) is -0.0768. The first kappa shape index (κ1) is 17.8. The highest BCUT2D eigenvalue weighted by Gasteiger charge is 2.19. The van der Waals surface area contributed by atoms with E-state index in [9.17, 15) is 25.6 Å². The third-order valence-electron chi connectivity index (χ3n) is 2.61. The van der Waals surface area contributed by atoms with Gasteiger partial charge in [0, 0.05) is 19.2 Å². The molecule has 0 radical (unpaired) electrons. The van der Waals surface area contributed by atoms with Crippen molar-refractivity contribution in [1.29, 1.82) is 0 Å². The molecule has 0 aliphatic heterocycles. The highest BCUT2D eigenvalue weighted by atomic mass is 32.2. The highest BCUT2D eigenvalue weighted by molar-refractivity contribution is 7.92. The SMILES string of the molecule is CCS(=O)(=O)NCCN(c1ccc(F)c(F)c1)S(C)(=O)=O. The highest BCUT2D eigenvalue weighted by Crippen LogP contribution is 2.20. The van der Waals surface area contributed by atoms with Gasteiger partial charge in [-0.2, -0.15) is 0 Å². The summed E-state index contributed by atoms with van der Waals surface area (Å²) in [7, 11) is -7.23. The number of benzene rings is 1. The fourth-order valence-electron chi connectivity index (χ4n) is 1.53. The normalized spacial score (nSPS) is 12.4. The lowest BCUT2D eigenvalue weighted by Crippen LogP contribution is -2.38. The van der Waals surface area contributed by atoms with E-state index in [1.807, 2.05) is 0 Å². The Hall–Kier alpha value is -1.26. The van der Waals surface area contributed by atoms with E-state index in [1.54, 1.807) is 0 Å². The molecule has 1 aromatic carbocycles. The minimum Gasteiger partial charge on any atom is -0.269 e. The number of halogens is 2. The number of nitrogens with one attached hydrogen (secondary N) is 1. The summed E-state index contributed by atoms with van der Waals surface area (Å²) >= 11 is 0. The number of anilines is 1. The van der Waals surface area contributed by atoms with Gasteiger partial charge >= 0.3 is 0 Å². The van der Waals surface area contributed by atoms with Crippen LogP contribution in [0.3, 0.4) is 0 Å². The summed E-state index contributed by atoms with van der Waals surface area (Å²) in [5.74, 6) is -2.42. The predicted molar refractivity (Wildman–Crippen MR) is 76.0 cm³/mol. The van der Waals surface area contributed by atoms with E-state index < -0.39 is 31.7 Å². The van der Waals surface area contributed by atoms with E-state index in [0.717, 1.165) is 28.8 Å². The molecule has 0 amide bonds. The Kier molecular flexibility index (Phi) is 5.65. The fraction of sp³-hybridized carbons (Fsp3) is 0.455. The van der Waals surface area contributed by atoms with E-state index in [2.05, 4.69) is 4.72 Å². The maximum Gasteiger partial charge on any atom is 0.232 e. The Morgan fingerprint density at radius 3 is 2.24 bits per heavy atom. The second-order valence-corrected chi connectivity index (χ2v) is 8.23. The Bertz CT molecular complexity index is 705.